The molecular formula is C31H36IN5O3. The molecule has 40 heavy (non-hydrogen) atoms. The number of hydrogen-bond donors (Lipinski definition) is 0. The second-order valence-corrected chi connectivity index (χ2v) is 11.3. The Morgan fingerprint density at radius 3 is 2.52 bits per heavy atom. The number of carbonyl (C=O) groups is 1. The Kier molecular flexibility index (Phi) is 8.90. The summed E-state index contributed by atoms with van der Waals surface area (Å²) in [6.45, 7) is 10.5. The molecule has 0 amide bonds. The molecule has 1 fully saturated rings. The number of morpholine rings is 1. The van der Waals surface area contributed by atoms with Crippen molar-refractivity contribution in [2.24, 2.45) is 0 Å². The maximum atomic E-state index is 13.0. The average molecular weight is 654 g/mol. The lowest BCUT2D eigenvalue weighted by Crippen LogP contribution is -2.36. The first-order chi connectivity index (χ1) is 19.4. The molecule has 0 atom stereocenters. The Bertz CT molecular complexity index is 1480. The van der Waals surface area contributed by atoms with Crippen molar-refractivity contribution in [1.82, 2.24) is 14.8 Å². The van der Waals surface area contributed by atoms with E-state index in [-0.39, 0.29) is 18.2 Å². The van der Waals surface area contributed by atoms with Crippen molar-refractivity contribution in [1.29, 1.82) is 0 Å². The summed E-state index contributed by atoms with van der Waals surface area (Å²) in [5.74, 6) is -0.291. The summed E-state index contributed by atoms with van der Waals surface area (Å²) in [6.07, 6.45) is 0. The Hall–Kier alpha value is -3.18. The molecule has 2 aromatic heterocycles. The summed E-state index contributed by atoms with van der Waals surface area (Å²) >= 11 is 2.39. The summed E-state index contributed by atoms with van der Waals surface area (Å²) in [5.41, 5.74) is 6.96. The third kappa shape index (κ3) is 5.81. The molecule has 0 saturated carbocycles. The van der Waals surface area contributed by atoms with Gasteiger partial charge in [-0.2, -0.15) is 5.10 Å². The van der Waals surface area contributed by atoms with Gasteiger partial charge in [0.2, 0.25) is 0 Å². The van der Waals surface area contributed by atoms with Gasteiger partial charge in [0.1, 0.15) is 0 Å². The molecule has 3 heterocycles. The van der Waals surface area contributed by atoms with Gasteiger partial charge in [0.25, 0.3) is 0 Å². The fourth-order valence-electron chi connectivity index (χ4n) is 5.06. The number of esters is 1. The van der Waals surface area contributed by atoms with E-state index in [9.17, 15) is 4.79 Å². The van der Waals surface area contributed by atoms with Gasteiger partial charge < -0.3 is 19.3 Å². The monoisotopic (exact) mass is 653 g/mol. The van der Waals surface area contributed by atoms with Crippen LogP contribution in [0.2, 0.25) is 0 Å². The van der Waals surface area contributed by atoms with Crippen molar-refractivity contribution in [2.75, 3.05) is 60.7 Å². The van der Waals surface area contributed by atoms with E-state index in [0.717, 1.165) is 76.5 Å². The van der Waals surface area contributed by atoms with E-state index >= 15 is 0 Å². The van der Waals surface area contributed by atoms with Gasteiger partial charge in [-0.05, 0) is 60.4 Å². The van der Waals surface area contributed by atoms with E-state index in [4.69, 9.17) is 19.6 Å². The predicted molar refractivity (Wildman–Crippen MR) is 170 cm³/mol. The topological polar surface area (TPSA) is 72.7 Å². The summed E-state index contributed by atoms with van der Waals surface area (Å²) in [5, 5.41) is 6.04. The fourth-order valence-corrected chi connectivity index (χ4v) is 5.78. The Morgan fingerprint density at radius 1 is 1.10 bits per heavy atom. The molecular weight excluding hydrogens is 617 g/mol. The zero-order valence-corrected chi connectivity index (χ0v) is 25.7. The number of carbonyl (C=O) groups excluding carboxylic acids is 1. The Morgan fingerprint density at radius 2 is 1.85 bits per heavy atom. The van der Waals surface area contributed by atoms with E-state index in [1.807, 2.05) is 22.9 Å². The number of halogens is 1. The van der Waals surface area contributed by atoms with Gasteiger partial charge >= 0.3 is 5.97 Å². The lowest BCUT2D eigenvalue weighted by molar-refractivity contribution is 0.0520. The standard InChI is InChI=1S/C31H36IN5O3/c1-5-40-31(38)27-20-26(22-9-11-23(12-10-22)36-15-17-39-18-16-36)28-29(21(2)3)34-37(30(28)33-27)25-8-6-7-24(19-25)35(4)14-13-32/h6-12,19-21H,5,13-18H2,1-4H3. The quantitative estimate of drug-likeness (QED) is 0.123. The summed E-state index contributed by atoms with van der Waals surface area (Å²) in [4.78, 5) is 22.4. The molecule has 1 saturated heterocycles. The number of benzene rings is 2. The number of ether oxygens (including phenoxy) is 2. The van der Waals surface area contributed by atoms with Crippen molar-refractivity contribution in [3.05, 3.63) is 66.0 Å². The van der Waals surface area contributed by atoms with Gasteiger partial charge in [0.05, 0.1) is 36.6 Å². The van der Waals surface area contributed by atoms with Crippen molar-refractivity contribution in [3.8, 4) is 16.8 Å². The van der Waals surface area contributed by atoms with Gasteiger partial charge in [-0.1, -0.05) is 54.6 Å². The van der Waals surface area contributed by atoms with Gasteiger partial charge in [0, 0.05) is 42.5 Å². The van der Waals surface area contributed by atoms with E-state index in [1.165, 1.54) is 0 Å². The van der Waals surface area contributed by atoms with Gasteiger partial charge in [0.15, 0.2) is 11.3 Å². The van der Waals surface area contributed by atoms with Gasteiger partial charge in [-0.15, -0.1) is 0 Å². The number of alkyl halides is 1. The van der Waals surface area contributed by atoms with Crippen LogP contribution in [-0.4, -0.2) is 71.7 Å². The van der Waals surface area contributed by atoms with Crippen molar-refractivity contribution >= 4 is 51.0 Å². The number of pyridine rings is 1. The van der Waals surface area contributed by atoms with Crippen LogP contribution in [0.25, 0.3) is 27.8 Å². The molecule has 1 aliphatic heterocycles. The molecule has 8 nitrogen and oxygen atoms in total. The first kappa shape index (κ1) is 28.4. The second kappa shape index (κ2) is 12.6. The lowest BCUT2D eigenvalue weighted by atomic mass is 9.97. The highest BCUT2D eigenvalue weighted by Crippen LogP contribution is 2.36. The average Bonchev–Trinajstić information content (AvgIpc) is 3.38. The first-order valence-electron chi connectivity index (χ1n) is 13.8. The SMILES string of the molecule is CCOC(=O)c1cc(-c2ccc(N3CCOCC3)cc2)c2c(C(C)C)nn(-c3cccc(N(C)CCI)c3)c2n1. The smallest absolute Gasteiger partial charge is 0.357 e. The van der Waals surface area contributed by atoms with Crippen molar-refractivity contribution in [2.45, 2.75) is 26.7 Å². The molecule has 0 N–H and O–H groups in total. The van der Waals surface area contributed by atoms with E-state index in [0.29, 0.717) is 5.65 Å². The van der Waals surface area contributed by atoms with Crippen molar-refractivity contribution in [3.63, 3.8) is 0 Å². The maximum Gasteiger partial charge on any atom is 0.357 e. The normalized spacial score (nSPS) is 13.7. The Balaban J connectivity index is 1.69. The van der Waals surface area contributed by atoms with E-state index < -0.39 is 5.97 Å². The van der Waals surface area contributed by atoms with Gasteiger partial charge in [-0.25, -0.2) is 14.5 Å². The van der Waals surface area contributed by atoms with Crippen LogP contribution in [0.3, 0.4) is 0 Å². The molecule has 2 aromatic carbocycles. The molecule has 210 valence electrons. The summed E-state index contributed by atoms with van der Waals surface area (Å²) < 4.78 is 13.8. The minimum absolute atomic E-state index is 0.148. The minimum atomic E-state index is -0.440. The van der Waals surface area contributed by atoms with Crippen LogP contribution in [-0.2, 0) is 9.47 Å². The highest BCUT2D eigenvalue weighted by molar-refractivity contribution is 14.1. The number of rotatable bonds is 9. The summed E-state index contributed by atoms with van der Waals surface area (Å²) in [7, 11) is 2.09. The molecule has 1 aliphatic rings. The molecule has 0 bridgehead atoms. The zero-order chi connectivity index (χ0) is 28.2. The van der Waals surface area contributed by atoms with Crippen LogP contribution >= 0.6 is 22.6 Å². The van der Waals surface area contributed by atoms with Crippen LogP contribution in [0.4, 0.5) is 11.4 Å². The van der Waals surface area contributed by atoms with E-state index in [2.05, 4.69) is 89.7 Å². The van der Waals surface area contributed by atoms with Crippen LogP contribution in [0.1, 0.15) is 42.9 Å². The predicted octanol–water partition coefficient (Wildman–Crippen LogP) is 6.10. The molecule has 9 heteroatoms. The van der Waals surface area contributed by atoms with E-state index in [1.54, 1.807) is 6.92 Å². The molecule has 0 aliphatic carbocycles. The first-order valence-corrected chi connectivity index (χ1v) is 15.3. The third-order valence-corrected chi connectivity index (χ3v) is 7.67. The number of aromatic nitrogens is 3. The van der Waals surface area contributed by atoms with Crippen LogP contribution in [0.15, 0.2) is 54.6 Å². The van der Waals surface area contributed by atoms with Crippen LogP contribution in [0, 0.1) is 0 Å². The molecule has 0 radical (unpaired) electrons. The maximum absolute atomic E-state index is 13.0. The highest BCUT2D eigenvalue weighted by atomic mass is 127. The van der Waals surface area contributed by atoms with Crippen LogP contribution < -0.4 is 9.80 Å². The molecule has 5 rings (SSSR count). The Labute approximate surface area is 249 Å². The number of hydrogen-bond acceptors (Lipinski definition) is 7. The lowest BCUT2D eigenvalue weighted by Gasteiger charge is -2.29. The molecule has 0 unspecified atom stereocenters. The number of anilines is 2. The number of fused-ring (bicyclic) bond motifs is 1. The van der Waals surface area contributed by atoms with Gasteiger partial charge in [-0.3, -0.25) is 0 Å². The summed E-state index contributed by atoms with van der Waals surface area (Å²) in [6, 6.07) is 18.7. The largest absolute Gasteiger partial charge is 0.461 e. The van der Waals surface area contributed by atoms with Crippen molar-refractivity contribution < 1.29 is 14.3 Å². The zero-order valence-electron chi connectivity index (χ0n) is 23.6. The fraction of sp³-hybridized carbons (Fsp3) is 0.387. The number of nitrogens with zero attached hydrogens (tertiary/aromatic N) is 5. The molecule has 0 spiro atoms. The molecule has 4 aromatic rings. The minimum Gasteiger partial charge on any atom is -0.461 e. The van der Waals surface area contributed by atoms with Crippen LogP contribution in [0.5, 0.6) is 0 Å². The highest BCUT2D eigenvalue weighted by Gasteiger charge is 2.24. The third-order valence-electron chi connectivity index (χ3n) is 7.19. The second-order valence-electron chi connectivity index (χ2n) is 10.2.